The molecule has 3 N–H and O–H groups in total. The van der Waals surface area contributed by atoms with Gasteiger partial charge in [-0.2, -0.15) is 0 Å². The second-order valence-electron chi connectivity index (χ2n) is 1.89. The van der Waals surface area contributed by atoms with E-state index >= 15 is 0 Å². The number of halogens is 4. The van der Waals surface area contributed by atoms with Crippen molar-refractivity contribution in [2.24, 2.45) is 5.84 Å². The van der Waals surface area contributed by atoms with Crippen LogP contribution in [0.5, 0.6) is 0 Å². The molecule has 0 atom stereocenters. The molecule has 0 aromatic heterocycles. The Morgan fingerprint density at radius 3 is 1.83 bits per heavy atom. The van der Waals surface area contributed by atoms with E-state index in [2.05, 4.69) is 5.43 Å². The van der Waals surface area contributed by atoms with Crippen molar-refractivity contribution in [1.29, 1.82) is 0 Å². The molecular formula is C6H6Cl4N2. The monoisotopic (exact) mass is 246 g/mol. The van der Waals surface area contributed by atoms with Crippen molar-refractivity contribution in [2.45, 2.75) is 0 Å². The maximum atomic E-state index is 5.72. The number of benzene rings is 1. The molecular weight excluding hydrogens is 242 g/mol. The van der Waals surface area contributed by atoms with Crippen LogP contribution in [0.3, 0.4) is 0 Å². The number of hydrogen-bond donors (Lipinski definition) is 2. The highest BCUT2D eigenvalue weighted by atomic mass is 35.5. The third kappa shape index (κ3) is 2.57. The van der Waals surface area contributed by atoms with Crippen molar-refractivity contribution in [2.75, 3.05) is 5.43 Å². The lowest BCUT2D eigenvalue weighted by molar-refractivity contribution is 1.35. The SMILES string of the molecule is Cl.NNc1c(Cl)cc(Cl)cc1Cl. The van der Waals surface area contributed by atoms with E-state index in [0.717, 1.165) is 0 Å². The van der Waals surface area contributed by atoms with Crippen molar-refractivity contribution in [1.82, 2.24) is 0 Å². The van der Waals surface area contributed by atoms with Crippen molar-refractivity contribution < 1.29 is 0 Å². The van der Waals surface area contributed by atoms with Crippen LogP contribution in [0.15, 0.2) is 12.1 Å². The van der Waals surface area contributed by atoms with Gasteiger partial charge in [0.05, 0.1) is 15.7 Å². The maximum absolute atomic E-state index is 5.72. The Balaban J connectivity index is 0.00000121. The Labute approximate surface area is 91.4 Å². The first-order valence-corrected chi connectivity index (χ1v) is 3.89. The van der Waals surface area contributed by atoms with Crippen LogP contribution in [-0.2, 0) is 0 Å². The van der Waals surface area contributed by atoms with E-state index in [4.69, 9.17) is 40.6 Å². The van der Waals surface area contributed by atoms with Crippen molar-refractivity contribution >= 4 is 52.9 Å². The summed E-state index contributed by atoms with van der Waals surface area (Å²) in [6.45, 7) is 0. The Kier molecular flexibility index (Phi) is 5.06. The van der Waals surface area contributed by atoms with E-state index in [1.807, 2.05) is 0 Å². The quantitative estimate of drug-likeness (QED) is 0.590. The number of rotatable bonds is 1. The van der Waals surface area contributed by atoms with Crippen molar-refractivity contribution in [3.8, 4) is 0 Å². The molecule has 6 heteroatoms. The first-order chi connectivity index (χ1) is 5.15. The fraction of sp³-hybridized carbons (Fsp3) is 0. The van der Waals surface area contributed by atoms with Gasteiger partial charge in [-0.25, -0.2) is 0 Å². The van der Waals surface area contributed by atoms with Crippen LogP contribution in [0.2, 0.25) is 15.1 Å². The van der Waals surface area contributed by atoms with Gasteiger partial charge in [-0.3, -0.25) is 5.84 Å². The number of nitrogens with two attached hydrogens (primary N) is 1. The van der Waals surface area contributed by atoms with Gasteiger partial charge in [-0.1, -0.05) is 34.8 Å². The van der Waals surface area contributed by atoms with E-state index in [1.165, 1.54) is 0 Å². The molecule has 0 heterocycles. The van der Waals surface area contributed by atoms with Gasteiger partial charge in [0.25, 0.3) is 0 Å². The third-order valence-electron chi connectivity index (χ3n) is 1.15. The lowest BCUT2D eigenvalue weighted by atomic mass is 10.3. The lowest BCUT2D eigenvalue weighted by Gasteiger charge is -2.05. The van der Waals surface area contributed by atoms with Gasteiger partial charge in [0.1, 0.15) is 0 Å². The highest BCUT2D eigenvalue weighted by Crippen LogP contribution is 2.32. The molecule has 1 aromatic rings. The summed E-state index contributed by atoms with van der Waals surface area (Å²) in [6, 6.07) is 3.12. The summed E-state index contributed by atoms with van der Waals surface area (Å²) in [4.78, 5) is 0. The summed E-state index contributed by atoms with van der Waals surface area (Å²) < 4.78 is 0. The number of anilines is 1. The Hall–Kier alpha value is 0.140. The van der Waals surface area contributed by atoms with Crippen LogP contribution in [0.25, 0.3) is 0 Å². The summed E-state index contributed by atoms with van der Waals surface area (Å²) >= 11 is 17.1. The van der Waals surface area contributed by atoms with E-state index in [1.54, 1.807) is 12.1 Å². The predicted octanol–water partition coefficient (Wildman–Crippen LogP) is 3.35. The summed E-state index contributed by atoms with van der Waals surface area (Å²) in [7, 11) is 0. The zero-order valence-electron chi connectivity index (χ0n) is 5.77. The molecule has 1 aromatic carbocycles. The van der Waals surface area contributed by atoms with E-state index in [-0.39, 0.29) is 12.4 Å². The van der Waals surface area contributed by atoms with Gasteiger partial charge in [0, 0.05) is 5.02 Å². The Bertz CT molecular complexity index is 253. The maximum Gasteiger partial charge on any atom is 0.0861 e. The average molecular weight is 248 g/mol. The molecule has 0 saturated heterocycles. The molecule has 0 aliphatic carbocycles. The molecule has 68 valence electrons. The normalized spacial score (nSPS) is 9.00. The minimum Gasteiger partial charge on any atom is -0.321 e. The molecule has 0 spiro atoms. The fourth-order valence-corrected chi connectivity index (χ4v) is 1.61. The summed E-state index contributed by atoms with van der Waals surface area (Å²) in [5.74, 6) is 5.14. The van der Waals surface area contributed by atoms with Gasteiger partial charge in [-0.05, 0) is 12.1 Å². The molecule has 1 rings (SSSR count). The van der Waals surface area contributed by atoms with Crippen LogP contribution in [0, 0.1) is 0 Å². The third-order valence-corrected chi connectivity index (χ3v) is 1.97. The van der Waals surface area contributed by atoms with Gasteiger partial charge in [-0.15, -0.1) is 12.4 Å². The molecule has 0 amide bonds. The van der Waals surface area contributed by atoms with Gasteiger partial charge < -0.3 is 5.43 Å². The van der Waals surface area contributed by atoms with Gasteiger partial charge in [0.2, 0.25) is 0 Å². The standard InChI is InChI=1S/C6H5Cl3N2.ClH/c7-3-1-4(8)6(11-10)5(9)2-3;/h1-2,11H,10H2;1H. The fourth-order valence-electron chi connectivity index (χ4n) is 0.680. The topological polar surface area (TPSA) is 38.0 Å². The zero-order valence-corrected chi connectivity index (χ0v) is 8.86. The molecule has 0 aliphatic heterocycles. The minimum absolute atomic E-state index is 0. The Morgan fingerprint density at radius 2 is 1.50 bits per heavy atom. The highest BCUT2D eigenvalue weighted by Gasteiger charge is 2.04. The molecule has 0 fully saturated rings. The van der Waals surface area contributed by atoms with Crippen LogP contribution in [-0.4, -0.2) is 0 Å². The van der Waals surface area contributed by atoms with E-state index < -0.39 is 0 Å². The number of nitrogens with one attached hydrogen (secondary N) is 1. The number of hydrogen-bond acceptors (Lipinski definition) is 2. The molecule has 0 aliphatic rings. The second-order valence-corrected chi connectivity index (χ2v) is 3.14. The highest BCUT2D eigenvalue weighted by molar-refractivity contribution is 6.41. The lowest BCUT2D eigenvalue weighted by Crippen LogP contribution is -2.07. The molecule has 0 bridgehead atoms. The largest absolute Gasteiger partial charge is 0.321 e. The summed E-state index contributed by atoms with van der Waals surface area (Å²) in [6.07, 6.45) is 0. The van der Waals surface area contributed by atoms with E-state index in [9.17, 15) is 0 Å². The smallest absolute Gasteiger partial charge is 0.0861 e. The molecule has 12 heavy (non-hydrogen) atoms. The van der Waals surface area contributed by atoms with Crippen LogP contribution in [0.1, 0.15) is 0 Å². The minimum atomic E-state index is 0. The average Bonchev–Trinajstić information content (AvgIpc) is 1.85. The van der Waals surface area contributed by atoms with Crippen molar-refractivity contribution in [3.05, 3.63) is 27.2 Å². The predicted molar refractivity (Wildman–Crippen MR) is 56.5 cm³/mol. The molecule has 0 saturated carbocycles. The summed E-state index contributed by atoms with van der Waals surface area (Å²) in [5, 5.41) is 1.30. The second kappa shape index (κ2) is 5.00. The summed E-state index contributed by atoms with van der Waals surface area (Å²) in [5.41, 5.74) is 2.85. The van der Waals surface area contributed by atoms with Gasteiger partial charge in [0.15, 0.2) is 0 Å². The van der Waals surface area contributed by atoms with Crippen LogP contribution >= 0.6 is 47.2 Å². The van der Waals surface area contributed by atoms with E-state index in [0.29, 0.717) is 20.8 Å². The van der Waals surface area contributed by atoms with Crippen LogP contribution < -0.4 is 11.3 Å². The number of nitrogen functional groups attached to an aromatic ring is 1. The van der Waals surface area contributed by atoms with Crippen molar-refractivity contribution in [3.63, 3.8) is 0 Å². The first kappa shape index (κ1) is 12.1. The zero-order chi connectivity index (χ0) is 8.43. The van der Waals surface area contributed by atoms with Gasteiger partial charge >= 0.3 is 0 Å². The first-order valence-electron chi connectivity index (χ1n) is 2.76. The van der Waals surface area contributed by atoms with Crippen LogP contribution in [0.4, 0.5) is 5.69 Å². The Morgan fingerprint density at radius 1 is 1.08 bits per heavy atom. The number of hydrazine groups is 1. The molecule has 0 unspecified atom stereocenters. The molecule has 2 nitrogen and oxygen atoms in total. The molecule has 0 radical (unpaired) electrons.